The summed E-state index contributed by atoms with van der Waals surface area (Å²) in [5, 5.41) is 9.64. The molecule has 1 N–H and O–H groups in total. The van der Waals surface area contributed by atoms with Crippen LogP contribution in [0.2, 0.25) is 0 Å². The van der Waals surface area contributed by atoms with Crippen molar-refractivity contribution in [2.45, 2.75) is 70.8 Å². The van der Waals surface area contributed by atoms with Gasteiger partial charge in [0.2, 0.25) is 0 Å². The number of hydrogen-bond donors (Lipinski definition) is 1. The van der Waals surface area contributed by atoms with E-state index >= 15 is 0 Å². The molecular weight excluding hydrogens is 302 g/mol. The number of unbranched alkanes of at least 4 members (excludes halogenated alkanes) is 6. The molecule has 0 radical (unpaired) electrons. The second-order valence-electron chi connectivity index (χ2n) is 7.34. The third kappa shape index (κ3) is 5.17. The van der Waals surface area contributed by atoms with Gasteiger partial charge in [0, 0.05) is 6.54 Å². The highest BCUT2D eigenvalue weighted by molar-refractivity contribution is 6.21. The number of nitrogens with zero attached hydrogens (tertiary/aromatic N) is 1. The summed E-state index contributed by atoms with van der Waals surface area (Å²) in [5.74, 6) is -0.301. The van der Waals surface area contributed by atoms with E-state index in [2.05, 4.69) is 0 Å². The van der Waals surface area contributed by atoms with Gasteiger partial charge in [0.25, 0.3) is 11.8 Å². The van der Waals surface area contributed by atoms with E-state index in [1.807, 2.05) is 13.8 Å². The van der Waals surface area contributed by atoms with Gasteiger partial charge < -0.3 is 5.11 Å². The Labute approximate surface area is 144 Å². The van der Waals surface area contributed by atoms with Gasteiger partial charge in [-0.05, 0) is 38.8 Å². The number of hydrogen-bond acceptors (Lipinski definition) is 3. The number of carbonyl (C=O) groups is 2. The highest BCUT2D eigenvalue weighted by Gasteiger charge is 2.34. The fourth-order valence-corrected chi connectivity index (χ4v) is 3.15. The molecule has 0 spiro atoms. The average molecular weight is 331 g/mol. The van der Waals surface area contributed by atoms with Crippen molar-refractivity contribution in [3.05, 3.63) is 35.4 Å². The molecule has 1 aromatic carbocycles. The van der Waals surface area contributed by atoms with Gasteiger partial charge in [0.1, 0.15) is 0 Å². The zero-order valence-electron chi connectivity index (χ0n) is 14.9. The molecule has 0 saturated carbocycles. The second kappa shape index (κ2) is 8.43. The van der Waals surface area contributed by atoms with Gasteiger partial charge in [-0.25, -0.2) is 0 Å². The molecule has 1 aliphatic heterocycles. The van der Waals surface area contributed by atoms with E-state index in [0.29, 0.717) is 17.7 Å². The van der Waals surface area contributed by atoms with Crippen molar-refractivity contribution in [3.8, 4) is 0 Å². The summed E-state index contributed by atoms with van der Waals surface area (Å²) in [6, 6.07) is 7.04. The van der Waals surface area contributed by atoms with Crippen molar-refractivity contribution in [1.29, 1.82) is 0 Å². The van der Waals surface area contributed by atoms with Crippen LogP contribution >= 0.6 is 0 Å². The fourth-order valence-electron chi connectivity index (χ4n) is 3.15. The molecule has 2 amide bonds. The van der Waals surface area contributed by atoms with Gasteiger partial charge in [-0.3, -0.25) is 14.5 Å². The Morgan fingerprint density at radius 3 is 1.79 bits per heavy atom. The van der Waals surface area contributed by atoms with Crippen LogP contribution < -0.4 is 0 Å². The predicted octanol–water partition coefficient (Wildman–Crippen LogP) is 4.17. The van der Waals surface area contributed by atoms with Gasteiger partial charge in [0.15, 0.2) is 0 Å². The number of aliphatic hydroxyl groups is 1. The Morgan fingerprint density at radius 2 is 1.29 bits per heavy atom. The number of carbonyl (C=O) groups excluding carboxylic acids is 2. The lowest BCUT2D eigenvalue weighted by Crippen LogP contribution is -2.30. The molecule has 4 nitrogen and oxygen atoms in total. The number of benzene rings is 1. The molecule has 0 atom stereocenters. The maximum Gasteiger partial charge on any atom is 0.261 e. The van der Waals surface area contributed by atoms with Crippen molar-refractivity contribution >= 4 is 11.8 Å². The van der Waals surface area contributed by atoms with Crippen molar-refractivity contribution in [2.75, 3.05) is 6.54 Å². The van der Waals surface area contributed by atoms with Gasteiger partial charge >= 0.3 is 0 Å². The Kier molecular flexibility index (Phi) is 6.55. The van der Waals surface area contributed by atoms with Crippen molar-refractivity contribution in [1.82, 2.24) is 4.90 Å². The second-order valence-corrected chi connectivity index (χ2v) is 7.34. The Bertz CT molecular complexity index is 539. The zero-order valence-corrected chi connectivity index (χ0v) is 14.9. The van der Waals surface area contributed by atoms with Gasteiger partial charge in [0.05, 0.1) is 16.7 Å². The summed E-state index contributed by atoms with van der Waals surface area (Å²) >= 11 is 0. The maximum atomic E-state index is 12.2. The lowest BCUT2D eigenvalue weighted by Gasteiger charge is -2.16. The summed E-state index contributed by atoms with van der Waals surface area (Å²) in [6.45, 7) is 4.23. The van der Waals surface area contributed by atoms with E-state index in [0.717, 1.165) is 38.5 Å². The van der Waals surface area contributed by atoms with Gasteiger partial charge in [-0.15, -0.1) is 0 Å². The molecule has 132 valence electrons. The smallest absolute Gasteiger partial charge is 0.261 e. The molecule has 0 unspecified atom stereocenters. The van der Waals surface area contributed by atoms with Crippen molar-refractivity contribution in [3.63, 3.8) is 0 Å². The van der Waals surface area contributed by atoms with Crippen LogP contribution in [0.4, 0.5) is 0 Å². The van der Waals surface area contributed by atoms with Gasteiger partial charge in [-0.1, -0.05) is 50.7 Å². The summed E-state index contributed by atoms with van der Waals surface area (Å²) < 4.78 is 0. The predicted molar refractivity (Wildman–Crippen MR) is 95.0 cm³/mol. The molecule has 24 heavy (non-hydrogen) atoms. The van der Waals surface area contributed by atoms with E-state index in [9.17, 15) is 14.7 Å². The molecule has 1 heterocycles. The Hall–Kier alpha value is -1.68. The first-order valence-corrected chi connectivity index (χ1v) is 9.08. The molecule has 0 aromatic heterocycles. The summed E-state index contributed by atoms with van der Waals surface area (Å²) in [5.41, 5.74) is 0.524. The average Bonchev–Trinajstić information content (AvgIpc) is 2.77. The van der Waals surface area contributed by atoms with Crippen LogP contribution in [0, 0.1) is 0 Å². The van der Waals surface area contributed by atoms with E-state index in [4.69, 9.17) is 0 Å². The lowest BCUT2D eigenvalue weighted by molar-refractivity contribution is 0.0647. The normalized spacial score (nSPS) is 14.4. The molecule has 1 aliphatic rings. The number of imide groups is 1. The summed E-state index contributed by atoms with van der Waals surface area (Å²) in [4.78, 5) is 25.8. The van der Waals surface area contributed by atoms with Crippen LogP contribution in [-0.2, 0) is 0 Å². The van der Waals surface area contributed by atoms with Crippen LogP contribution in [0.5, 0.6) is 0 Å². The molecule has 0 saturated heterocycles. The minimum atomic E-state index is -0.549. The van der Waals surface area contributed by atoms with E-state index < -0.39 is 5.60 Å². The number of rotatable bonds is 10. The lowest BCUT2D eigenvalue weighted by atomic mass is 9.99. The zero-order chi connectivity index (χ0) is 17.6. The highest BCUT2D eigenvalue weighted by Crippen LogP contribution is 2.23. The number of amides is 2. The Morgan fingerprint density at radius 1 is 0.833 bits per heavy atom. The topological polar surface area (TPSA) is 57.6 Å². The molecule has 0 aliphatic carbocycles. The monoisotopic (exact) mass is 331 g/mol. The first kappa shape index (κ1) is 18.7. The van der Waals surface area contributed by atoms with Crippen molar-refractivity contribution in [2.24, 2.45) is 0 Å². The highest BCUT2D eigenvalue weighted by atomic mass is 16.3. The van der Waals surface area contributed by atoms with Crippen LogP contribution in [0.1, 0.15) is 85.9 Å². The largest absolute Gasteiger partial charge is 0.390 e. The van der Waals surface area contributed by atoms with E-state index in [1.54, 1.807) is 24.3 Å². The standard InChI is InChI=1S/C20H29NO3/c1-20(2,24)14-10-6-4-3-5-7-11-15-21-18(22)16-12-8-9-13-17(16)19(21)23/h8-9,12-13,24H,3-7,10-11,14-15H2,1-2H3. The van der Waals surface area contributed by atoms with Crippen molar-refractivity contribution < 1.29 is 14.7 Å². The molecule has 0 bridgehead atoms. The minimum Gasteiger partial charge on any atom is -0.390 e. The van der Waals surface area contributed by atoms with E-state index in [1.165, 1.54) is 17.7 Å². The maximum absolute atomic E-state index is 12.2. The molecule has 0 fully saturated rings. The SMILES string of the molecule is CC(C)(O)CCCCCCCCCN1C(=O)c2ccccc2C1=O. The summed E-state index contributed by atoms with van der Waals surface area (Å²) in [6.07, 6.45) is 8.48. The fraction of sp³-hybridized carbons (Fsp3) is 0.600. The first-order chi connectivity index (χ1) is 11.4. The van der Waals surface area contributed by atoms with Crippen LogP contribution in [-0.4, -0.2) is 34.0 Å². The Balaban J connectivity index is 1.58. The first-order valence-electron chi connectivity index (χ1n) is 9.08. The quantitative estimate of drug-likeness (QED) is 0.517. The molecule has 4 heteroatoms. The van der Waals surface area contributed by atoms with Crippen LogP contribution in [0.15, 0.2) is 24.3 Å². The van der Waals surface area contributed by atoms with Crippen LogP contribution in [0.3, 0.4) is 0 Å². The summed E-state index contributed by atoms with van der Waals surface area (Å²) in [7, 11) is 0. The molecular formula is C20H29NO3. The number of fused-ring (bicyclic) bond motifs is 1. The molecule has 2 rings (SSSR count). The third-order valence-electron chi connectivity index (χ3n) is 4.55. The minimum absolute atomic E-state index is 0.151. The molecule has 1 aromatic rings. The third-order valence-corrected chi connectivity index (χ3v) is 4.55. The van der Waals surface area contributed by atoms with Crippen LogP contribution in [0.25, 0.3) is 0 Å². The van der Waals surface area contributed by atoms with E-state index in [-0.39, 0.29) is 11.8 Å². The van der Waals surface area contributed by atoms with Gasteiger partial charge in [-0.2, -0.15) is 0 Å².